The van der Waals surface area contributed by atoms with Crippen molar-refractivity contribution >= 4 is 11.9 Å². The van der Waals surface area contributed by atoms with E-state index in [4.69, 9.17) is 5.73 Å². The summed E-state index contributed by atoms with van der Waals surface area (Å²) in [5, 5.41) is 0. The molecule has 0 aliphatic carbocycles. The Kier molecular flexibility index (Phi) is 6.96. The summed E-state index contributed by atoms with van der Waals surface area (Å²) in [5.74, 6) is -0.760. The van der Waals surface area contributed by atoms with Crippen molar-refractivity contribution in [1.29, 1.82) is 0 Å². The van der Waals surface area contributed by atoms with Gasteiger partial charge in [0, 0.05) is 6.42 Å². The standard InChI is InChI=1S/C11H21NO3/c1-4-5-6-10(13)15-11(14)9(12)7-8(2)3/h8-9H,4-7,12H2,1-3H3. The SMILES string of the molecule is CCCCC(=O)OC(=O)C(N)CC(C)C. The van der Waals surface area contributed by atoms with Gasteiger partial charge >= 0.3 is 11.9 Å². The summed E-state index contributed by atoms with van der Waals surface area (Å²) >= 11 is 0. The van der Waals surface area contributed by atoms with Crippen LogP contribution in [-0.2, 0) is 14.3 Å². The van der Waals surface area contributed by atoms with Crippen molar-refractivity contribution in [2.75, 3.05) is 0 Å². The Hall–Kier alpha value is -0.900. The molecule has 4 heteroatoms. The zero-order chi connectivity index (χ0) is 11.8. The van der Waals surface area contributed by atoms with Crippen LogP contribution in [0, 0.1) is 5.92 Å². The Labute approximate surface area is 91.2 Å². The second kappa shape index (κ2) is 7.40. The zero-order valence-electron chi connectivity index (χ0n) is 9.79. The van der Waals surface area contributed by atoms with Crippen molar-refractivity contribution in [2.24, 2.45) is 11.7 Å². The molecule has 88 valence electrons. The van der Waals surface area contributed by atoms with Crippen LogP contribution in [0.1, 0.15) is 46.5 Å². The van der Waals surface area contributed by atoms with Crippen LogP contribution in [-0.4, -0.2) is 18.0 Å². The first kappa shape index (κ1) is 14.1. The molecule has 0 heterocycles. The molecule has 0 rings (SSSR count). The summed E-state index contributed by atoms with van der Waals surface area (Å²) in [4.78, 5) is 22.4. The molecule has 0 aliphatic rings. The van der Waals surface area contributed by atoms with Gasteiger partial charge in [-0.15, -0.1) is 0 Å². The van der Waals surface area contributed by atoms with Crippen LogP contribution in [0.4, 0.5) is 0 Å². The van der Waals surface area contributed by atoms with Crippen molar-refractivity contribution in [3.8, 4) is 0 Å². The van der Waals surface area contributed by atoms with Crippen LogP contribution in [0.25, 0.3) is 0 Å². The highest BCUT2D eigenvalue weighted by Gasteiger charge is 2.19. The molecular formula is C11H21NO3. The molecule has 1 atom stereocenters. The minimum atomic E-state index is -0.685. The number of ether oxygens (including phenoxy) is 1. The highest BCUT2D eigenvalue weighted by molar-refractivity contribution is 5.88. The van der Waals surface area contributed by atoms with Crippen LogP contribution < -0.4 is 5.73 Å². The van der Waals surface area contributed by atoms with Crippen molar-refractivity contribution in [3.63, 3.8) is 0 Å². The lowest BCUT2D eigenvalue weighted by Crippen LogP contribution is -2.34. The van der Waals surface area contributed by atoms with Crippen molar-refractivity contribution < 1.29 is 14.3 Å². The van der Waals surface area contributed by atoms with Crippen LogP contribution in [0.3, 0.4) is 0 Å². The Morgan fingerprint density at radius 3 is 2.40 bits per heavy atom. The quantitative estimate of drug-likeness (QED) is 0.540. The van der Waals surface area contributed by atoms with E-state index in [-0.39, 0.29) is 6.42 Å². The Morgan fingerprint density at radius 2 is 1.93 bits per heavy atom. The molecule has 0 aromatic heterocycles. The largest absolute Gasteiger partial charge is 0.392 e. The summed E-state index contributed by atoms with van der Waals surface area (Å²) in [5.41, 5.74) is 5.57. The Balaban J connectivity index is 3.85. The number of hydrogen-bond acceptors (Lipinski definition) is 4. The minimum Gasteiger partial charge on any atom is -0.392 e. The summed E-state index contributed by atoms with van der Waals surface area (Å²) in [6.45, 7) is 5.90. The fourth-order valence-electron chi connectivity index (χ4n) is 1.16. The summed E-state index contributed by atoms with van der Waals surface area (Å²) in [6.07, 6.45) is 2.48. The second-order valence-electron chi connectivity index (χ2n) is 4.13. The van der Waals surface area contributed by atoms with Gasteiger partial charge < -0.3 is 10.5 Å². The smallest absolute Gasteiger partial charge is 0.330 e. The molecule has 15 heavy (non-hydrogen) atoms. The maximum Gasteiger partial charge on any atom is 0.330 e. The monoisotopic (exact) mass is 215 g/mol. The van der Waals surface area contributed by atoms with Gasteiger partial charge in [0.05, 0.1) is 0 Å². The van der Waals surface area contributed by atoms with E-state index in [9.17, 15) is 9.59 Å². The summed E-state index contributed by atoms with van der Waals surface area (Å²) < 4.78 is 4.61. The Bertz CT molecular complexity index is 214. The average Bonchev–Trinajstić information content (AvgIpc) is 2.13. The van der Waals surface area contributed by atoms with Gasteiger partial charge in [-0.3, -0.25) is 4.79 Å². The summed E-state index contributed by atoms with van der Waals surface area (Å²) in [7, 11) is 0. The first-order valence-corrected chi connectivity index (χ1v) is 5.47. The molecule has 0 aromatic rings. The number of esters is 2. The topological polar surface area (TPSA) is 69.4 Å². The molecule has 0 aliphatic heterocycles. The van der Waals surface area contributed by atoms with E-state index in [1.807, 2.05) is 20.8 Å². The molecule has 0 radical (unpaired) electrons. The highest BCUT2D eigenvalue weighted by atomic mass is 16.6. The van der Waals surface area contributed by atoms with Gasteiger partial charge in [-0.25, -0.2) is 4.79 Å². The van der Waals surface area contributed by atoms with Crippen LogP contribution in [0.15, 0.2) is 0 Å². The normalized spacial score (nSPS) is 12.6. The first-order valence-electron chi connectivity index (χ1n) is 5.47. The number of carbonyl (C=O) groups excluding carboxylic acids is 2. The molecule has 4 nitrogen and oxygen atoms in total. The highest BCUT2D eigenvalue weighted by Crippen LogP contribution is 2.05. The van der Waals surface area contributed by atoms with E-state index in [1.54, 1.807) is 0 Å². The molecule has 0 fully saturated rings. The van der Waals surface area contributed by atoms with Crippen molar-refractivity contribution in [1.82, 2.24) is 0 Å². The number of unbranched alkanes of at least 4 members (excludes halogenated alkanes) is 1. The predicted octanol–water partition coefficient (Wildman–Crippen LogP) is 1.62. The lowest BCUT2D eigenvalue weighted by Gasteiger charge is -2.12. The number of carbonyl (C=O) groups is 2. The third-order valence-electron chi connectivity index (χ3n) is 1.98. The lowest BCUT2D eigenvalue weighted by atomic mass is 10.1. The van der Waals surface area contributed by atoms with Crippen molar-refractivity contribution in [3.05, 3.63) is 0 Å². The molecule has 0 aromatic carbocycles. The summed E-state index contributed by atoms with van der Waals surface area (Å²) in [6, 6.07) is -0.685. The maximum absolute atomic E-state index is 11.3. The van der Waals surface area contributed by atoms with E-state index >= 15 is 0 Å². The van der Waals surface area contributed by atoms with E-state index < -0.39 is 18.0 Å². The molecule has 1 unspecified atom stereocenters. The van der Waals surface area contributed by atoms with E-state index in [0.717, 1.165) is 12.8 Å². The average molecular weight is 215 g/mol. The molecule has 0 bridgehead atoms. The van der Waals surface area contributed by atoms with Crippen LogP contribution in [0.5, 0.6) is 0 Å². The van der Waals surface area contributed by atoms with Gasteiger partial charge in [0.25, 0.3) is 0 Å². The maximum atomic E-state index is 11.3. The molecule has 0 amide bonds. The number of rotatable bonds is 6. The molecular weight excluding hydrogens is 194 g/mol. The van der Waals surface area contributed by atoms with Gasteiger partial charge in [0.15, 0.2) is 0 Å². The zero-order valence-corrected chi connectivity index (χ0v) is 9.79. The lowest BCUT2D eigenvalue weighted by molar-refractivity contribution is -0.160. The molecule has 0 saturated carbocycles. The van der Waals surface area contributed by atoms with Gasteiger partial charge in [-0.1, -0.05) is 27.2 Å². The van der Waals surface area contributed by atoms with Crippen molar-refractivity contribution in [2.45, 2.75) is 52.5 Å². The van der Waals surface area contributed by atoms with E-state index in [2.05, 4.69) is 4.74 Å². The third-order valence-corrected chi connectivity index (χ3v) is 1.98. The molecule has 0 saturated heterocycles. The second-order valence-corrected chi connectivity index (χ2v) is 4.13. The van der Waals surface area contributed by atoms with Crippen LogP contribution >= 0.6 is 0 Å². The predicted molar refractivity (Wildman–Crippen MR) is 58.1 cm³/mol. The first-order chi connectivity index (χ1) is 6.97. The van der Waals surface area contributed by atoms with Gasteiger partial charge in [0.1, 0.15) is 6.04 Å². The van der Waals surface area contributed by atoms with E-state index in [1.165, 1.54) is 0 Å². The van der Waals surface area contributed by atoms with Gasteiger partial charge in [-0.05, 0) is 18.8 Å². The third kappa shape index (κ3) is 7.08. The van der Waals surface area contributed by atoms with E-state index in [0.29, 0.717) is 12.3 Å². The van der Waals surface area contributed by atoms with Gasteiger partial charge in [-0.2, -0.15) is 0 Å². The minimum absolute atomic E-state index is 0.288. The fourth-order valence-corrected chi connectivity index (χ4v) is 1.16. The fraction of sp³-hybridized carbons (Fsp3) is 0.818. The number of hydrogen-bond donors (Lipinski definition) is 1. The van der Waals surface area contributed by atoms with Crippen LogP contribution in [0.2, 0.25) is 0 Å². The molecule has 2 N–H and O–H groups in total. The van der Waals surface area contributed by atoms with Gasteiger partial charge in [0.2, 0.25) is 0 Å². The molecule has 0 spiro atoms. The number of nitrogens with two attached hydrogens (primary N) is 1. The Morgan fingerprint density at radius 1 is 1.33 bits per heavy atom.